The fourth-order valence-electron chi connectivity index (χ4n) is 2.45. The Bertz CT molecular complexity index is 744. The molecule has 1 N–H and O–H groups in total. The highest BCUT2D eigenvalue weighted by atomic mass is 35.5. The highest BCUT2D eigenvalue weighted by Crippen LogP contribution is 2.32. The first kappa shape index (κ1) is 18.9. The molecule has 0 spiro atoms. The maximum absolute atomic E-state index is 12.5. The third-order valence-electron chi connectivity index (χ3n) is 3.74. The van der Waals surface area contributed by atoms with Crippen LogP contribution in [-0.4, -0.2) is 37.8 Å². The summed E-state index contributed by atoms with van der Waals surface area (Å²) in [5.41, 5.74) is -5.36. The Hall–Kier alpha value is -1.48. The van der Waals surface area contributed by atoms with E-state index >= 15 is 0 Å². The Morgan fingerprint density at radius 1 is 1.21 bits per heavy atom. The van der Waals surface area contributed by atoms with Crippen LogP contribution in [0.2, 0.25) is 5.02 Å². The molecule has 1 aromatic rings. The van der Waals surface area contributed by atoms with Crippen molar-refractivity contribution in [3.05, 3.63) is 28.3 Å². The van der Waals surface area contributed by atoms with Gasteiger partial charge in [0.05, 0.1) is 10.7 Å². The third-order valence-corrected chi connectivity index (χ3v) is 5.15. The molecular weight excluding hydrogens is 369 g/mol. The third kappa shape index (κ3) is 3.94. The van der Waals surface area contributed by atoms with Crippen LogP contribution in [0.5, 0.6) is 0 Å². The SMILES string of the molecule is Cc1cc(Cl)c(NS(=O)(=O)C(F)(F)F)cc1C(=O)N1CCCCC1. The second kappa shape index (κ2) is 6.79. The minimum absolute atomic E-state index is 0.126. The maximum atomic E-state index is 12.5. The highest BCUT2D eigenvalue weighted by Gasteiger charge is 2.46. The quantitative estimate of drug-likeness (QED) is 0.866. The lowest BCUT2D eigenvalue weighted by Crippen LogP contribution is -2.36. The molecule has 134 valence electrons. The van der Waals surface area contributed by atoms with E-state index in [1.807, 2.05) is 0 Å². The van der Waals surface area contributed by atoms with Gasteiger partial charge in [0.2, 0.25) is 0 Å². The smallest absolute Gasteiger partial charge is 0.339 e. The molecule has 2 rings (SSSR count). The van der Waals surface area contributed by atoms with E-state index in [2.05, 4.69) is 0 Å². The Labute approximate surface area is 142 Å². The average Bonchev–Trinajstić information content (AvgIpc) is 2.49. The highest BCUT2D eigenvalue weighted by molar-refractivity contribution is 7.93. The number of anilines is 1. The van der Waals surface area contributed by atoms with Gasteiger partial charge in [0.15, 0.2) is 0 Å². The molecule has 1 aliphatic rings. The van der Waals surface area contributed by atoms with Crippen LogP contribution in [0.25, 0.3) is 0 Å². The van der Waals surface area contributed by atoms with Gasteiger partial charge in [-0.3, -0.25) is 9.52 Å². The molecule has 1 heterocycles. The Kier molecular flexibility index (Phi) is 5.34. The number of rotatable bonds is 3. The lowest BCUT2D eigenvalue weighted by atomic mass is 10.0. The summed E-state index contributed by atoms with van der Waals surface area (Å²) in [6.07, 6.45) is 2.72. The number of hydrogen-bond donors (Lipinski definition) is 1. The number of carbonyl (C=O) groups is 1. The molecule has 0 unspecified atom stereocenters. The first-order chi connectivity index (χ1) is 11.0. The minimum Gasteiger partial charge on any atom is -0.339 e. The summed E-state index contributed by atoms with van der Waals surface area (Å²) in [5, 5.41) is -0.212. The fraction of sp³-hybridized carbons (Fsp3) is 0.500. The van der Waals surface area contributed by atoms with Crippen molar-refractivity contribution in [1.82, 2.24) is 4.90 Å². The van der Waals surface area contributed by atoms with E-state index in [0.29, 0.717) is 18.7 Å². The maximum Gasteiger partial charge on any atom is 0.516 e. The zero-order valence-electron chi connectivity index (χ0n) is 12.8. The number of alkyl halides is 3. The Morgan fingerprint density at radius 3 is 2.33 bits per heavy atom. The van der Waals surface area contributed by atoms with Crippen molar-refractivity contribution in [3.8, 4) is 0 Å². The molecule has 1 fully saturated rings. The van der Waals surface area contributed by atoms with Crippen molar-refractivity contribution in [2.45, 2.75) is 31.7 Å². The Balaban J connectivity index is 2.36. The molecule has 1 saturated heterocycles. The number of likely N-dealkylation sites (tertiary alicyclic amines) is 1. The molecule has 24 heavy (non-hydrogen) atoms. The van der Waals surface area contributed by atoms with Crippen LogP contribution in [0.1, 0.15) is 35.2 Å². The summed E-state index contributed by atoms with van der Waals surface area (Å²) in [7, 11) is -5.61. The molecular formula is C14H16ClF3N2O3S. The van der Waals surface area contributed by atoms with Gasteiger partial charge < -0.3 is 4.90 Å². The topological polar surface area (TPSA) is 66.5 Å². The summed E-state index contributed by atoms with van der Waals surface area (Å²) in [4.78, 5) is 14.1. The number of aryl methyl sites for hydroxylation is 1. The zero-order valence-corrected chi connectivity index (χ0v) is 14.4. The van der Waals surface area contributed by atoms with Gasteiger partial charge in [-0.25, -0.2) is 0 Å². The van der Waals surface area contributed by atoms with Gasteiger partial charge in [-0.2, -0.15) is 21.6 Å². The lowest BCUT2D eigenvalue weighted by molar-refractivity contribution is -0.0429. The van der Waals surface area contributed by atoms with Crippen LogP contribution in [0, 0.1) is 6.92 Å². The van der Waals surface area contributed by atoms with Gasteiger partial charge in [-0.05, 0) is 43.9 Å². The number of hydrogen-bond acceptors (Lipinski definition) is 3. The van der Waals surface area contributed by atoms with Gasteiger partial charge in [0, 0.05) is 18.7 Å². The van der Waals surface area contributed by atoms with Crippen LogP contribution < -0.4 is 4.72 Å². The number of halogens is 4. The fourth-order valence-corrected chi connectivity index (χ4v) is 3.35. The van der Waals surface area contributed by atoms with E-state index in [0.717, 1.165) is 25.3 Å². The van der Waals surface area contributed by atoms with Crippen LogP contribution >= 0.6 is 11.6 Å². The van der Waals surface area contributed by atoms with Gasteiger partial charge in [-0.1, -0.05) is 11.6 Å². The predicted molar refractivity (Wildman–Crippen MR) is 84.5 cm³/mol. The van der Waals surface area contributed by atoms with E-state index in [-0.39, 0.29) is 16.5 Å². The van der Waals surface area contributed by atoms with E-state index in [9.17, 15) is 26.4 Å². The number of sulfonamides is 1. The molecule has 0 bridgehead atoms. The number of nitrogens with one attached hydrogen (secondary N) is 1. The van der Waals surface area contributed by atoms with Gasteiger partial charge in [-0.15, -0.1) is 0 Å². The van der Waals surface area contributed by atoms with E-state index < -0.39 is 21.2 Å². The van der Waals surface area contributed by atoms with Gasteiger partial charge >= 0.3 is 15.5 Å². The van der Waals surface area contributed by atoms with Crippen molar-refractivity contribution in [2.24, 2.45) is 0 Å². The van der Waals surface area contributed by atoms with Gasteiger partial charge in [0.1, 0.15) is 0 Å². The van der Waals surface area contributed by atoms with Crippen molar-refractivity contribution in [2.75, 3.05) is 17.8 Å². The minimum atomic E-state index is -5.61. The van der Waals surface area contributed by atoms with Crippen LogP contribution in [0.4, 0.5) is 18.9 Å². The van der Waals surface area contributed by atoms with Crippen LogP contribution in [-0.2, 0) is 10.0 Å². The number of nitrogens with zero attached hydrogens (tertiary/aromatic N) is 1. The molecule has 1 amide bonds. The van der Waals surface area contributed by atoms with E-state index in [1.165, 1.54) is 10.8 Å². The molecule has 0 aliphatic carbocycles. The largest absolute Gasteiger partial charge is 0.516 e. The molecule has 1 aliphatic heterocycles. The number of amides is 1. The Morgan fingerprint density at radius 2 is 1.79 bits per heavy atom. The van der Waals surface area contributed by atoms with Crippen molar-refractivity contribution < 1.29 is 26.4 Å². The summed E-state index contributed by atoms with van der Waals surface area (Å²) in [6.45, 7) is 2.71. The standard InChI is InChI=1S/C14H16ClF3N2O3S/c1-9-7-11(15)12(19-24(22,23)14(16,17)18)8-10(9)13(21)20-5-3-2-4-6-20/h7-8,19H,2-6H2,1H3. The monoisotopic (exact) mass is 384 g/mol. The molecule has 0 atom stereocenters. The molecule has 5 nitrogen and oxygen atoms in total. The second-order valence-corrected chi connectivity index (χ2v) is 7.63. The zero-order chi connectivity index (χ0) is 18.1. The predicted octanol–water partition coefficient (Wildman–Crippen LogP) is 3.54. The normalized spacial score (nSPS) is 16.1. The summed E-state index contributed by atoms with van der Waals surface area (Å²) < 4.78 is 61.4. The lowest BCUT2D eigenvalue weighted by Gasteiger charge is -2.27. The van der Waals surface area contributed by atoms with Crippen molar-refractivity contribution in [3.63, 3.8) is 0 Å². The average molecular weight is 385 g/mol. The summed E-state index contributed by atoms with van der Waals surface area (Å²) in [5.74, 6) is -0.351. The van der Waals surface area contributed by atoms with E-state index in [4.69, 9.17) is 11.6 Å². The molecule has 10 heteroatoms. The van der Waals surface area contributed by atoms with Crippen LogP contribution in [0.3, 0.4) is 0 Å². The van der Waals surface area contributed by atoms with Gasteiger partial charge in [0.25, 0.3) is 5.91 Å². The number of carbonyl (C=O) groups excluding carboxylic acids is 1. The summed E-state index contributed by atoms with van der Waals surface area (Å²) in [6, 6.07) is 2.32. The molecule has 0 saturated carbocycles. The first-order valence-corrected chi connectivity index (χ1v) is 9.07. The molecule has 0 radical (unpaired) electrons. The van der Waals surface area contributed by atoms with Crippen molar-refractivity contribution >= 4 is 33.2 Å². The molecule has 0 aromatic heterocycles. The second-order valence-electron chi connectivity index (χ2n) is 5.55. The van der Waals surface area contributed by atoms with Crippen molar-refractivity contribution in [1.29, 1.82) is 0 Å². The first-order valence-electron chi connectivity index (χ1n) is 7.21. The number of piperidine rings is 1. The van der Waals surface area contributed by atoms with Crippen LogP contribution in [0.15, 0.2) is 12.1 Å². The molecule has 1 aromatic carbocycles. The summed E-state index contributed by atoms with van der Waals surface area (Å²) >= 11 is 5.83. The van der Waals surface area contributed by atoms with E-state index in [1.54, 1.807) is 11.8 Å². The number of benzene rings is 1.